The van der Waals surface area contributed by atoms with Crippen molar-refractivity contribution in [3.8, 4) is 5.75 Å². The van der Waals surface area contributed by atoms with Crippen molar-refractivity contribution in [2.75, 3.05) is 26.8 Å². The van der Waals surface area contributed by atoms with Gasteiger partial charge in [0.2, 0.25) is 0 Å². The van der Waals surface area contributed by atoms with Gasteiger partial charge in [0.25, 0.3) is 0 Å². The smallest absolute Gasteiger partial charge is 0.330 e. The molecule has 2 amide bonds. The Balaban J connectivity index is 1.96. The van der Waals surface area contributed by atoms with Crippen LogP contribution in [0, 0.1) is 5.92 Å². The molecule has 7 heteroatoms. The van der Waals surface area contributed by atoms with Gasteiger partial charge in [0.05, 0.1) is 0 Å². The summed E-state index contributed by atoms with van der Waals surface area (Å²) in [6, 6.07) is 4.16. The van der Waals surface area contributed by atoms with Gasteiger partial charge in [-0.3, -0.25) is 0 Å². The van der Waals surface area contributed by atoms with E-state index in [1.54, 1.807) is 7.05 Å². The lowest BCUT2D eigenvalue weighted by Gasteiger charge is -2.28. The van der Waals surface area contributed by atoms with Crippen molar-refractivity contribution in [2.24, 2.45) is 5.92 Å². The third-order valence-corrected chi connectivity index (χ3v) is 3.96. The first kappa shape index (κ1) is 17.1. The number of nitrogens with zero attached hydrogens (tertiary/aromatic N) is 1. The highest BCUT2D eigenvalue weighted by atomic mass is 16.5. The van der Waals surface area contributed by atoms with Crippen LogP contribution in [-0.2, 0) is 9.53 Å². The van der Waals surface area contributed by atoms with Crippen LogP contribution in [0.2, 0.25) is 0 Å². The van der Waals surface area contributed by atoms with Crippen LogP contribution in [0.5, 0.6) is 5.75 Å². The van der Waals surface area contributed by atoms with Crippen LogP contribution in [0.3, 0.4) is 0 Å². The first-order chi connectivity index (χ1) is 11.0. The molecule has 0 unspecified atom stereocenters. The summed E-state index contributed by atoms with van der Waals surface area (Å²) < 4.78 is 5.29. The zero-order valence-corrected chi connectivity index (χ0v) is 13.1. The van der Waals surface area contributed by atoms with Gasteiger partial charge < -0.3 is 25.2 Å². The summed E-state index contributed by atoms with van der Waals surface area (Å²) in [7, 11) is 1.65. The zero-order valence-electron chi connectivity index (χ0n) is 13.1. The fraction of sp³-hybridized carbons (Fsp3) is 0.500. The minimum atomic E-state index is -1.15. The van der Waals surface area contributed by atoms with Crippen molar-refractivity contribution >= 4 is 12.0 Å². The standard InChI is InChI=1S/C16H22N2O5/c1-18(10-11-6-8-23-9-7-11)16(22)17-14(15(20)21)12-2-4-13(19)5-3-12/h2-5,11,14,19H,6-10H2,1H3,(H,17,22)(H,20,21)/t14-/m1/s1. The number of phenolic OH excluding ortho intramolecular Hbond substituents is 1. The Morgan fingerprint density at radius 1 is 1.30 bits per heavy atom. The third-order valence-electron chi connectivity index (χ3n) is 3.96. The predicted octanol–water partition coefficient (Wildman–Crippen LogP) is 1.59. The van der Waals surface area contributed by atoms with Crippen LogP contribution < -0.4 is 5.32 Å². The van der Waals surface area contributed by atoms with E-state index in [2.05, 4.69) is 5.32 Å². The number of hydrogen-bond donors (Lipinski definition) is 3. The highest BCUT2D eigenvalue weighted by Gasteiger charge is 2.25. The second-order valence-electron chi connectivity index (χ2n) is 5.75. The van der Waals surface area contributed by atoms with E-state index in [9.17, 15) is 19.8 Å². The lowest BCUT2D eigenvalue weighted by molar-refractivity contribution is -0.139. The average Bonchev–Trinajstić information content (AvgIpc) is 2.54. The van der Waals surface area contributed by atoms with E-state index in [1.165, 1.54) is 29.2 Å². The predicted molar refractivity (Wildman–Crippen MR) is 83.2 cm³/mol. The van der Waals surface area contributed by atoms with E-state index >= 15 is 0 Å². The molecule has 1 atom stereocenters. The number of carbonyl (C=O) groups excluding carboxylic acids is 1. The molecule has 0 aliphatic carbocycles. The van der Waals surface area contributed by atoms with E-state index < -0.39 is 18.0 Å². The number of aliphatic carboxylic acids is 1. The quantitative estimate of drug-likeness (QED) is 0.764. The number of nitrogens with one attached hydrogen (secondary N) is 1. The number of amides is 2. The Kier molecular flexibility index (Phi) is 5.81. The number of ether oxygens (including phenoxy) is 1. The second kappa shape index (κ2) is 7.82. The van der Waals surface area contributed by atoms with Gasteiger partial charge in [0.1, 0.15) is 5.75 Å². The zero-order chi connectivity index (χ0) is 16.8. The molecule has 0 spiro atoms. The van der Waals surface area contributed by atoms with E-state index in [0.717, 1.165) is 12.8 Å². The van der Waals surface area contributed by atoms with Crippen molar-refractivity contribution in [1.82, 2.24) is 10.2 Å². The molecule has 7 nitrogen and oxygen atoms in total. The van der Waals surface area contributed by atoms with Crippen LogP contribution in [0.4, 0.5) is 4.79 Å². The highest BCUT2D eigenvalue weighted by molar-refractivity contribution is 5.83. The summed E-state index contributed by atoms with van der Waals surface area (Å²) in [5, 5.41) is 21.1. The van der Waals surface area contributed by atoms with Crippen molar-refractivity contribution in [3.63, 3.8) is 0 Å². The summed E-state index contributed by atoms with van der Waals surface area (Å²) in [5.41, 5.74) is 0.406. The number of phenols is 1. The van der Waals surface area contributed by atoms with E-state index in [0.29, 0.717) is 31.2 Å². The number of carbonyl (C=O) groups is 2. The molecule has 1 aliphatic rings. The molecule has 0 radical (unpaired) electrons. The molecule has 0 saturated carbocycles. The minimum absolute atomic E-state index is 0.0425. The number of carboxylic acid groups (broad SMARTS) is 1. The van der Waals surface area contributed by atoms with Crippen molar-refractivity contribution < 1.29 is 24.5 Å². The molecule has 23 heavy (non-hydrogen) atoms. The summed E-state index contributed by atoms with van der Waals surface area (Å²) in [6.07, 6.45) is 1.80. The van der Waals surface area contributed by atoms with Gasteiger partial charge in [-0.2, -0.15) is 0 Å². The van der Waals surface area contributed by atoms with Gasteiger partial charge in [0, 0.05) is 26.8 Å². The summed E-state index contributed by atoms with van der Waals surface area (Å²) in [6.45, 7) is 1.97. The molecule has 1 aliphatic heterocycles. The Morgan fingerprint density at radius 3 is 2.48 bits per heavy atom. The van der Waals surface area contributed by atoms with Gasteiger partial charge in [-0.25, -0.2) is 9.59 Å². The maximum absolute atomic E-state index is 12.2. The maximum atomic E-state index is 12.2. The van der Waals surface area contributed by atoms with Crippen LogP contribution in [-0.4, -0.2) is 53.9 Å². The summed E-state index contributed by atoms with van der Waals surface area (Å²) in [4.78, 5) is 25.2. The van der Waals surface area contributed by atoms with Crippen molar-refractivity contribution in [3.05, 3.63) is 29.8 Å². The maximum Gasteiger partial charge on any atom is 0.330 e. The average molecular weight is 322 g/mol. The van der Waals surface area contributed by atoms with Gasteiger partial charge >= 0.3 is 12.0 Å². The fourth-order valence-electron chi connectivity index (χ4n) is 2.59. The number of hydrogen-bond acceptors (Lipinski definition) is 4. The summed E-state index contributed by atoms with van der Waals surface area (Å²) in [5.74, 6) is -0.735. The Bertz CT molecular complexity index is 540. The molecule has 126 valence electrons. The number of aromatic hydroxyl groups is 1. The molecule has 1 aromatic carbocycles. The Hall–Kier alpha value is -2.28. The number of urea groups is 1. The molecule has 1 aromatic rings. The molecular formula is C16H22N2O5. The van der Waals surface area contributed by atoms with Gasteiger partial charge in [-0.1, -0.05) is 12.1 Å². The topological polar surface area (TPSA) is 99.1 Å². The van der Waals surface area contributed by atoms with Gasteiger partial charge in [-0.05, 0) is 36.5 Å². The Morgan fingerprint density at radius 2 is 1.91 bits per heavy atom. The molecule has 3 N–H and O–H groups in total. The second-order valence-corrected chi connectivity index (χ2v) is 5.75. The first-order valence-electron chi connectivity index (χ1n) is 7.58. The third kappa shape index (κ3) is 4.85. The van der Waals surface area contributed by atoms with Crippen LogP contribution in [0.1, 0.15) is 24.4 Å². The lowest BCUT2D eigenvalue weighted by Crippen LogP contribution is -2.44. The lowest BCUT2D eigenvalue weighted by atomic mass is 10.00. The van der Waals surface area contributed by atoms with E-state index in [1.807, 2.05) is 0 Å². The monoisotopic (exact) mass is 322 g/mol. The van der Waals surface area contributed by atoms with Crippen LogP contribution in [0.15, 0.2) is 24.3 Å². The van der Waals surface area contributed by atoms with Crippen LogP contribution >= 0.6 is 0 Å². The number of rotatable bonds is 5. The van der Waals surface area contributed by atoms with Gasteiger partial charge in [-0.15, -0.1) is 0 Å². The minimum Gasteiger partial charge on any atom is -0.508 e. The molecule has 1 saturated heterocycles. The molecule has 0 bridgehead atoms. The van der Waals surface area contributed by atoms with Gasteiger partial charge in [0.15, 0.2) is 6.04 Å². The Labute approximate surface area is 134 Å². The molecular weight excluding hydrogens is 300 g/mol. The summed E-state index contributed by atoms with van der Waals surface area (Å²) >= 11 is 0. The van der Waals surface area contributed by atoms with E-state index in [4.69, 9.17) is 4.74 Å². The highest BCUT2D eigenvalue weighted by Crippen LogP contribution is 2.19. The molecule has 1 heterocycles. The van der Waals surface area contributed by atoms with Crippen LogP contribution in [0.25, 0.3) is 0 Å². The van der Waals surface area contributed by atoms with E-state index in [-0.39, 0.29) is 5.75 Å². The molecule has 1 fully saturated rings. The fourth-order valence-corrected chi connectivity index (χ4v) is 2.59. The largest absolute Gasteiger partial charge is 0.508 e. The van der Waals surface area contributed by atoms with Crippen molar-refractivity contribution in [1.29, 1.82) is 0 Å². The molecule has 2 rings (SSSR count). The SMILES string of the molecule is CN(CC1CCOCC1)C(=O)N[C@@H](C(=O)O)c1ccc(O)cc1. The molecule has 0 aromatic heterocycles. The normalized spacial score (nSPS) is 16.6. The first-order valence-corrected chi connectivity index (χ1v) is 7.58. The van der Waals surface area contributed by atoms with Crippen molar-refractivity contribution in [2.45, 2.75) is 18.9 Å². The number of carboxylic acids is 1. The number of benzene rings is 1.